The number of piperidine rings is 1. The summed E-state index contributed by atoms with van der Waals surface area (Å²) in [5.41, 5.74) is 4.79. The third-order valence-corrected chi connectivity index (χ3v) is 5.53. The molecule has 128 valence electrons. The summed E-state index contributed by atoms with van der Waals surface area (Å²) in [6.45, 7) is 4.26. The number of hydrogen-bond donors (Lipinski definition) is 1. The number of fused-ring (bicyclic) bond motifs is 3. The fourth-order valence-corrected chi connectivity index (χ4v) is 4.34. The maximum absolute atomic E-state index is 13.4. The molecule has 25 heavy (non-hydrogen) atoms. The molecule has 4 heteroatoms. The van der Waals surface area contributed by atoms with Gasteiger partial charge in [0, 0.05) is 34.3 Å². The SMILES string of the molecule is C[C@H]1CCC[C@H](C)N1C(=O)c1cccc2c1-c1ccccc1/C2=N/O. The Hall–Kier alpha value is -2.62. The molecule has 1 saturated heterocycles. The molecule has 4 rings (SSSR count). The predicted octanol–water partition coefficient (Wildman–Crippen LogP) is 4.30. The molecule has 4 nitrogen and oxygen atoms in total. The van der Waals surface area contributed by atoms with Crippen LogP contribution in [-0.2, 0) is 0 Å². The maximum Gasteiger partial charge on any atom is 0.254 e. The molecule has 1 fully saturated rings. The molecule has 0 bridgehead atoms. The van der Waals surface area contributed by atoms with E-state index in [-0.39, 0.29) is 18.0 Å². The highest BCUT2D eigenvalue weighted by Gasteiger charge is 2.34. The summed E-state index contributed by atoms with van der Waals surface area (Å²) in [6.07, 6.45) is 3.26. The number of likely N-dealkylation sites (tertiary alicyclic amines) is 1. The Morgan fingerprint density at radius 1 is 1.00 bits per heavy atom. The Balaban J connectivity index is 1.87. The van der Waals surface area contributed by atoms with E-state index in [1.54, 1.807) is 0 Å². The molecular weight excluding hydrogens is 312 g/mol. The van der Waals surface area contributed by atoms with Gasteiger partial charge in [0.15, 0.2) is 0 Å². The number of carbonyl (C=O) groups excluding carboxylic acids is 1. The Bertz CT molecular complexity index is 862. The minimum atomic E-state index is 0.0746. The molecule has 1 aliphatic carbocycles. The minimum absolute atomic E-state index is 0.0746. The summed E-state index contributed by atoms with van der Waals surface area (Å²) in [5, 5.41) is 13.0. The molecule has 2 aromatic carbocycles. The first-order valence-corrected chi connectivity index (χ1v) is 8.91. The molecule has 2 aliphatic rings. The smallest absolute Gasteiger partial charge is 0.254 e. The molecule has 1 aliphatic heterocycles. The highest BCUT2D eigenvalue weighted by atomic mass is 16.4. The molecule has 2 atom stereocenters. The lowest BCUT2D eigenvalue weighted by Crippen LogP contribution is -2.47. The van der Waals surface area contributed by atoms with Crippen LogP contribution >= 0.6 is 0 Å². The molecule has 0 saturated carbocycles. The fourth-order valence-electron chi connectivity index (χ4n) is 4.34. The zero-order valence-corrected chi connectivity index (χ0v) is 14.6. The van der Waals surface area contributed by atoms with Crippen LogP contribution in [0.3, 0.4) is 0 Å². The van der Waals surface area contributed by atoms with Crippen molar-refractivity contribution in [3.05, 3.63) is 59.2 Å². The van der Waals surface area contributed by atoms with Crippen molar-refractivity contribution >= 4 is 11.6 Å². The Kier molecular flexibility index (Phi) is 3.83. The van der Waals surface area contributed by atoms with E-state index < -0.39 is 0 Å². The Morgan fingerprint density at radius 3 is 2.32 bits per heavy atom. The summed E-state index contributed by atoms with van der Waals surface area (Å²) in [7, 11) is 0. The van der Waals surface area contributed by atoms with Crippen molar-refractivity contribution in [1.29, 1.82) is 0 Å². The second-order valence-electron chi connectivity index (χ2n) is 7.06. The summed E-state index contributed by atoms with van der Waals surface area (Å²) >= 11 is 0. The maximum atomic E-state index is 13.4. The van der Waals surface area contributed by atoms with Gasteiger partial charge < -0.3 is 10.1 Å². The van der Waals surface area contributed by atoms with Gasteiger partial charge in [-0.05, 0) is 44.7 Å². The third-order valence-electron chi connectivity index (χ3n) is 5.53. The first-order chi connectivity index (χ1) is 12.1. The van der Waals surface area contributed by atoms with Gasteiger partial charge in [0.2, 0.25) is 0 Å². The molecule has 0 aromatic heterocycles. The average molecular weight is 334 g/mol. The molecule has 1 N–H and O–H groups in total. The van der Waals surface area contributed by atoms with E-state index in [4.69, 9.17) is 0 Å². The van der Waals surface area contributed by atoms with Gasteiger partial charge in [0.1, 0.15) is 5.71 Å². The van der Waals surface area contributed by atoms with Crippen LogP contribution in [0.5, 0.6) is 0 Å². The van der Waals surface area contributed by atoms with E-state index in [9.17, 15) is 10.0 Å². The standard InChI is InChI=1S/C21H22N2O2/c1-13-7-5-8-14(2)23(13)21(24)18-12-6-11-17-19(18)15-9-3-4-10-16(15)20(17)22-25/h3-4,6,9-14,25H,5,7-8H2,1-2H3/b22-20-/t13-,14-/m0/s1. The average Bonchev–Trinajstić information content (AvgIpc) is 2.95. The van der Waals surface area contributed by atoms with Crippen LogP contribution in [0, 0.1) is 0 Å². The van der Waals surface area contributed by atoms with E-state index in [1.807, 2.05) is 47.4 Å². The van der Waals surface area contributed by atoms with E-state index in [0.29, 0.717) is 11.3 Å². The van der Waals surface area contributed by atoms with Crippen molar-refractivity contribution in [2.45, 2.75) is 45.2 Å². The second kappa shape index (κ2) is 6.03. The molecule has 1 amide bonds. The van der Waals surface area contributed by atoms with Crippen LogP contribution in [0.15, 0.2) is 47.6 Å². The second-order valence-corrected chi connectivity index (χ2v) is 7.06. The predicted molar refractivity (Wildman–Crippen MR) is 98.2 cm³/mol. The van der Waals surface area contributed by atoms with Crippen LogP contribution in [0.2, 0.25) is 0 Å². The summed E-state index contributed by atoms with van der Waals surface area (Å²) in [4.78, 5) is 15.4. The van der Waals surface area contributed by atoms with Gasteiger partial charge >= 0.3 is 0 Å². The van der Waals surface area contributed by atoms with Crippen molar-refractivity contribution in [2.24, 2.45) is 5.16 Å². The highest BCUT2D eigenvalue weighted by molar-refractivity contribution is 6.26. The molecular formula is C21H22N2O2. The zero-order valence-electron chi connectivity index (χ0n) is 14.6. The van der Waals surface area contributed by atoms with Crippen LogP contribution in [-0.4, -0.2) is 33.8 Å². The van der Waals surface area contributed by atoms with E-state index in [2.05, 4.69) is 19.0 Å². The summed E-state index contributed by atoms with van der Waals surface area (Å²) in [6, 6.07) is 14.0. The number of oxime groups is 1. The minimum Gasteiger partial charge on any atom is -0.410 e. The zero-order chi connectivity index (χ0) is 17.6. The first kappa shape index (κ1) is 15.9. The van der Waals surface area contributed by atoms with Crippen molar-refractivity contribution in [3.63, 3.8) is 0 Å². The lowest BCUT2D eigenvalue weighted by Gasteiger charge is -2.39. The number of amides is 1. The number of benzene rings is 2. The molecule has 0 unspecified atom stereocenters. The monoisotopic (exact) mass is 334 g/mol. The lowest BCUT2D eigenvalue weighted by atomic mass is 9.93. The highest BCUT2D eigenvalue weighted by Crippen LogP contribution is 2.40. The largest absolute Gasteiger partial charge is 0.410 e. The lowest BCUT2D eigenvalue weighted by molar-refractivity contribution is 0.0511. The molecule has 0 spiro atoms. The van der Waals surface area contributed by atoms with E-state index in [1.165, 1.54) is 6.42 Å². The van der Waals surface area contributed by atoms with Crippen molar-refractivity contribution in [1.82, 2.24) is 4.90 Å². The fraction of sp³-hybridized carbons (Fsp3) is 0.333. The summed E-state index contributed by atoms with van der Waals surface area (Å²) in [5.74, 6) is 0.0746. The van der Waals surface area contributed by atoms with E-state index >= 15 is 0 Å². The number of carbonyl (C=O) groups is 1. The van der Waals surface area contributed by atoms with Gasteiger partial charge in [0.25, 0.3) is 5.91 Å². The third kappa shape index (κ3) is 2.36. The van der Waals surface area contributed by atoms with Crippen LogP contribution in [0.25, 0.3) is 11.1 Å². The number of nitrogens with zero attached hydrogens (tertiary/aromatic N) is 2. The first-order valence-electron chi connectivity index (χ1n) is 8.91. The molecule has 1 heterocycles. The van der Waals surface area contributed by atoms with Gasteiger partial charge in [-0.2, -0.15) is 0 Å². The van der Waals surface area contributed by atoms with E-state index in [0.717, 1.165) is 35.1 Å². The summed E-state index contributed by atoms with van der Waals surface area (Å²) < 4.78 is 0. The van der Waals surface area contributed by atoms with Gasteiger partial charge in [-0.1, -0.05) is 41.6 Å². The van der Waals surface area contributed by atoms with Gasteiger partial charge in [-0.3, -0.25) is 4.79 Å². The van der Waals surface area contributed by atoms with Gasteiger partial charge in [0.05, 0.1) is 0 Å². The van der Waals surface area contributed by atoms with Crippen molar-refractivity contribution < 1.29 is 10.0 Å². The van der Waals surface area contributed by atoms with Crippen LogP contribution < -0.4 is 0 Å². The molecule has 0 radical (unpaired) electrons. The number of rotatable bonds is 1. The quantitative estimate of drug-likeness (QED) is 0.533. The molecule has 2 aromatic rings. The number of hydrogen-bond acceptors (Lipinski definition) is 3. The van der Waals surface area contributed by atoms with Gasteiger partial charge in [-0.25, -0.2) is 0 Å². The van der Waals surface area contributed by atoms with Crippen molar-refractivity contribution in [3.8, 4) is 11.1 Å². The topological polar surface area (TPSA) is 52.9 Å². The van der Waals surface area contributed by atoms with Crippen LogP contribution in [0.4, 0.5) is 0 Å². The Morgan fingerprint density at radius 2 is 1.64 bits per heavy atom. The van der Waals surface area contributed by atoms with Crippen molar-refractivity contribution in [2.75, 3.05) is 0 Å². The van der Waals surface area contributed by atoms with Crippen LogP contribution in [0.1, 0.15) is 54.6 Å². The van der Waals surface area contributed by atoms with Gasteiger partial charge in [-0.15, -0.1) is 0 Å². The normalized spacial score (nSPS) is 23.4. The Labute approximate surface area is 147 Å².